The molecule has 0 bridgehead atoms. The van der Waals surface area contributed by atoms with Crippen molar-refractivity contribution in [3.63, 3.8) is 0 Å². The lowest BCUT2D eigenvalue weighted by molar-refractivity contribution is -0.160. The van der Waals surface area contributed by atoms with Crippen LogP contribution in [-0.4, -0.2) is 78.8 Å². The van der Waals surface area contributed by atoms with E-state index in [-0.39, 0.29) is 39.3 Å². The van der Waals surface area contributed by atoms with Crippen molar-refractivity contribution in [1.82, 2.24) is 4.90 Å². The van der Waals surface area contributed by atoms with Gasteiger partial charge in [-0.15, -0.1) is 0 Å². The molecule has 0 amide bonds. The fourth-order valence-corrected chi connectivity index (χ4v) is 1.36. The zero-order chi connectivity index (χ0) is 16.3. The second-order valence-corrected chi connectivity index (χ2v) is 4.19. The highest BCUT2D eigenvalue weighted by molar-refractivity contribution is 5.71. The van der Waals surface area contributed by atoms with E-state index in [9.17, 15) is 14.4 Å². The van der Waals surface area contributed by atoms with Crippen LogP contribution in [0, 0.1) is 0 Å². The summed E-state index contributed by atoms with van der Waals surface area (Å²) in [7, 11) is 0. The number of carboxylic acid groups (broad SMARTS) is 2. The fraction of sp³-hybridized carbons (Fsp3) is 0.750. The second-order valence-electron chi connectivity index (χ2n) is 4.19. The predicted molar refractivity (Wildman–Crippen MR) is 69.7 cm³/mol. The first-order valence-corrected chi connectivity index (χ1v) is 6.36. The summed E-state index contributed by atoms with van der Waals surface area (Å²) in [6.07, 6.45) is -1.66. The van der Waals surface area contributed by atoms with Gasteiger partial charge in [-0.25, -0.2) is 4.79 Å². The van der Waals surface area contributed by atoms with E-state index in [1.54, 1.807) is 0 Å². The molecule has 9 heteroatoms. The minimum atomic E-state index is -1.08. The average Bonchev–Trinajstić information content (AvgIpc) is 2.37. The van der Waals surface area contributed by atoms with Crippen LogP contribution >= 0.6 is 0 Å². The molecular weight excluding hydrogens is 286 g/mol. The molecule has 0 fully saturated rings. The van der Waals surface area contributed by atoms with Crippen molar-refractivity contribution in [2.24, 2.45) is 0 Å². The summed E-state index contributed by atoms with van der Waals surface area (Å²) in [5.41, 5.74) is 0. The number of ether oxygens (including phenoxy) is 3. The highest BCUT2D eigenvalue weighted by atomic mass is 16.7. The molecule has 2 N–H and O–H groups in total. The SMILES string of the molecule is CC(OC=O)OCCN(CCOC(C)C(=O)O)CC(=O)O. The van der Waals surface area contributed by atoms with Crippen LogP contribution in [0.1, 0.15) is 13.8 Å². The lowest BCUT2D eigenvalue weighted by Crippen LogP contribution is -2.37. The van der Waals surface area contributed by atoms with Gasteiger partial charge in [-0.05, 0) is 13.8 Å². The van der Waals surface area contributed by atoms with Gasteiger partial charge < -0.3 is 24.4 Å². The number of carbonyl (C=O) groups excluding carboxylic acids is 1. The number of hydrogen-bond acceptors (Lipinski definition) is 7. The van der Waals surface area contributed by atoms with Crippen molar-refractivity contribution in [3.8, 4) is 0 Å². The summed E-state index contributed by atoms with van der Waals surface area (Å²) < 4.78 is 14.7. The van der Waals surface area contributed by atoms with Crippen LogP contribution in [0.15, 0.2) is 0 Å². The molecule has 0 spiro atoms. The van der Waals surface area contributed by atoms with E-state index in [1.807, 2.05) is 0 Å². The van der Waals surface area contributed by atoms with Crippen molar-refractivity contribution < 1.29 is 38.8 Å². The van der Waals surface area contributed by atoms with E-state index in [0.717, 1.165) is 0 Å². The Labute approximate surface area is 122 Å². The van der Waals surface area contributed by atoms with Crippen molar-refractivity contribution in [1.29, 1.82) is 0 Å². The summed E-state index contributed by atoms with van der Waals surface area (Å²) in [5.74, 6) is -2.10. The molecule has 122 valence electrons. The van der Waals surface area contributed by atoms with Gasteiger partial charge in [0.25, 0.3) is 6.47 Å². The predicted octanol–water partition coefficient (Wildman–Crippen LogP) is -0.602. The van der Waals surface area contributed by atoms with Crippen LogP contribution < -0.4 is 0 Å². The van der Waals surface area contributed by atoms with Gasteiger partial charge in [0, 0.05) is 13.1 Å². The molecule has 0 saturated heterocycles. The molecule has 2 unspecified atom stereocenters. The van der Waals surface area contributed by atoms with E-state index in [0.29, 0.717) is 0 Å². The van der Waals surface area contributed by atoms with Crippen LogP contribution in [0.5, 0.6) is 0 Å². The summed E-state index contributed by atoms with van der Waals surface area (Å²) in [6, 6.07) is 0. The number of carbonyl (C=O) groups is 3. The lowest BCUT2D eigenvalue weighted by atomic mass is 10.4. The maximum atomic E-state index is 10.7. The van der Waals surface area contributed by atoms with Gasteiger partial charge in [-0.1, -0.05) is 0 Å². The van der Waals surface area contributed by atoms with Crippen LogP contribution in [0.4, 0.5) is 0 Å². The molecule has 21 heavy (non-hydrogen) atoms. The molecule has 0 saturated carbocycles. The van der Waals surface area contributed by atoms with E-state index in [1.165, 1.54) is 18.7 Å². The lowest BCUT2D eigenvalue weighted by Gasteiger charge is -2.21. The standard InChI is InChI=1S/C12H21NO8/c1-9(12(17)18)19-5-3-13(7-11(15)16)4-6-20-10(2)21-8-14/h8-10H,3-7H2,1-2H3,(H,15,16)(H,17,18). The normalized spacial score (nSPS) is 13.7. The molecule has 9 nitrogen and oxygen atoms in total. The molecule has 0 aliphatic heterocycles. The van der Waals surface area contributed by atoms with E-state index < -0.39 is 24.3 Å². The third-order valence-electron chi connectivity index (χ3n) is 2.49. The summed E-state index contributed by atoms with van der Waals surface area (Å²) >= 11 is 0. The second kappa shape index (κ2) is 11.0. The minimum absolute atomic E-state index is 0.0845. The van der Waals surface area contributed by atoms with Crippen molar-refractivity contribution in [3.05, 3.63) is 0 Å². The summed E-state index contributed by atoms with van der Waals surface area (Å²) in [5, 5.41) is 17.4. The Hall–Kier alpha value is -1.71. The van der Waals surface area contributed by atoms with Gasteiger partial charge in [-0.3, -0.25) is 14.5 Å². The minimum Gasteiger partial charge on any atom is -0.480 e. The number of rotatable bonds is 13. The maximum absolute atomic E-state index is 10.7. The van der Waals surface area contributed by atoms with E-state index in [4.69, 9.17) is 19.7 Å². The molecule has 0 heterocycles. The van der Waals surface area contributed by atoms with Crippen LogP contribution in [0.3, 0.4) is 0 Å². The van der Waals surface area contributed by atoms with Crippen molar-refractivity contribution in [2.75, 3.05) is 32.8 Å². The van der Waals surface area contributed by atoms with Gasteiger partial charge >= 0.3 is 11.9 Å². The van der Waals surface area contributed by atoms with E-state index in [2.05, 4.69) is 4.74 Å². The quantitative estimate of drug-likeness (QED) is 0.339. The summed E-state index contributed by atoms with van der Waals surface area (Å²) in [4.78, 5) is 32.9. The highest BCUT2D eigenvalue weighted by Crippen LogP contribution is 1.96. The first kappa shape index (κ1) is 19.3. The van der Waals surface area contributed by atoms with Crippen molar-refractivity contribution >= 4 is 18.4 Å². The number of aliphatic carboxylic acids is 2. The number of nitrogens with zero attached hydrogens (tertiary/aromatic N) is 1. The molecule has 0 aromatic rings. The highest BCUT2D eigenvalue weighted by Gasteiger charge is 2.14. The Kier molecular flexibility index (Phi) is 10.1. The molecular formula is C12H21NO8. The van der Waals surface area contributed by atoms with E-state index >= 15 is 0 Å². The molecule has 0 aromatic carbocycles. The van der Waals surface area contributed by atoms with Gasteiger partial charge in [-0.2, -0.15) is 0 Å². The zero-order valence-corrected chi connectivity index (χ0v) is 12.1. The smallest absolute Gasteiger partial charge is 0.332 e. The fourth-order valence-electron chi connectivity index (χ4n) is 1.36. The Morgan fingerprint density at radius 1 is 1.14 bits per heavy atom. The molecule has 0 aromatic heterocycles. The Balaban J connectivity index is 4.05. The van der Waals surface area contributed by atoms with Crippen LogP contribution in [-0.2, 0) is 28.6 Å². The first-order chi connectivity index (χ1) is 9.86. The Morgan fingerprint density at radius 3 is 2.19 bits per heavy atom. The molecule has 0 radical (unpaired) electrons. The van der Waals surface area contributed by atoms with Gasteiger partial charge in [0.1, 0.15) is 0 Å². The van der Waals surface area contributed by atoms with Crippen molar-refractivity contribution in [2.45, 2.75) is 26.2 Å². The molecule has 0 aliphatic carbocycles. The van der Waals surface area contributed by atoms with Crippen LogP contribution in [0.25, 0.3) is 0 Å². The third kappa shape index (κ3) is 10.7. The van der Waals surface area contributed by atoms with Gasteiger partial charge in [0.2, 0.25) is 0 Å². The number of carboxylic acids is 2. The first-order valence-electron chi connectivity index (χ1n) is 6.36. The summed E-state index contributed by atoms with van der Waals surface area (Å²) in [6.45, 7) is 3.74. The molecule has 2 atom stereocenters. The Morgan fingerprint density at radius 2 is 1.71 bits per heavy atom. The molecule has 0 rings (SSSR count). The topological polar surface area (TPSA) is 123 Å². The zero-order valence-electron chi connectivity index (χ0n) is 12.1. The largest absolute Gasteiger partial charge is 0.480 e. The number of hydrogen-bond donors (Lipinski definition) is 2. The monoisotopic (exact) mass is 307 g/mol. The third-order valence-corrected chi connectivity index (χ3v) is 2.49. The van der Waals surface area contributed by atoms with Gasteiger partial charge in [0.15, 0.2) is 12.4 Å². The molecule has 0 aliphatic rings. The van der Waals surface area contributed by atoms with Crippen LogP contribution in [0.2, 0.25) is 0 Å². The maximum Gasteiger partial charge on any atom is 0.332 e. The Bertz CT molecular complexity index is 335. The average molecular weight is 307 g/mol. The van der Waals surface area contributed by atoms with Gasteiger partial charge in [0.05, 0.1) is 19.8 Å².